The minimum Gasteiger partial charge on any atom is -0.485 e. The van der Waals surface area contributed by atoms with Crippen LogP contribution in [0, 0.1) is 6.92 Å². The number of aryl methyl sites for hydroxylation is 1. The van der Waals surface area contributed by atoms with Gasteiger partial charge < -0.3 is 9.84 Å². The van der Waals surface area contributed by atoms with E-state index >= 15 is 0 Å². The third-order valence-corrected chi connectivity index (χ3v) is 4.97. The highest BCUT2D eigenvalue weighted by molar-refractivity contribution is 5.45. The van der Waals surface area contributed by atoms with Crippen molar-refractivity contribution in [2.45, 2.75) is 64.2 Å². The van der Waals surface area contributed by atoms with Gasteiger partial charge in [-0.2, -0.15) is 0 Å². The van der Waals surface area contributed by atoms with Crippen LogP contribution in [-0.2, 0) is 0 Å². The number of likely N-dealkylation sites (tertiary alicyclic amines) is 1. The van der Waals surface area contributed by atoms with Crippen LogP contribution in [-0.4, -0.2) is 34.7 Å². The van der Waals surface area contributed by atoms with E-state index in [-0.39, 0.29) is 11.6 Å². The lowest BCUT2D eigenvalue weighted by Crippen LogP contribution is -2.58. The topological polar surface area (TPSA) is 32.7 Å². The van der Waals surface area contributed by atoms with Crippen LogP contribution >= 0.6 is 0 Å². The minimum absolute atomic E-state index is 0.0323. The lowest BCUT2D eigenvalue weighted by Gasteiger charge is -2.48. The van der Waals surface area contributed by atoms with Crippen molar-refractivity contribution in [3.8, 4) is 5.75 Å². The van der Waals surface area contributed by atoms with E-state index in [4.69, 9.17) is 4.74 Å². The average molecular weight is 289 g/mol. The van der Waals surface area contributed by atoms with Crippen molar-refractivity contribution < 1.29 is 9.84 Å². The van der Waals surface area contributed by atoms with Crippen LogP contribution in [0.25, 0.3) is 0 Å². The highest BCUT2D eigenvalue weighted by atomic mass is 16.5. The Morgan fingerprint density at radius 1 is 1.14 bits per heavy atom. The molecule has 1 fully saturated rings. The van der Waals surface area contributed by atoms with Gasteiger partial charge in [-0.3, -0.25) is 4.90 Å². The number of hydrogen-bond acceptors (Lipinski definition) is 3. The first kappa shape index (κ1) is 14.9. The van der Waals surface area contributed by atoms with E-state index in [0.717, 1.165) is 30.0 Å². The third kappa shape index (κ3) is 2.69. The highest BCUT2D eigenvalue weighted by Crippen LogP contribution is 2.43. The van der Waals surface area contributed by atoms with Crippen molar-refractivity contribution in [1.29, 1.82) is 0 Å². The molecule has 0 spiro atoms. The molecule has 3 rings (SSSR count). The van der Waals surface area contributed by atoms with Crippen LogP contribution in [0.15, 0.2) is 18.2 Å². The van der Waals surface area contributed by atoms with Crippen molar-refractivity contribution in [2.24, 2.45) is 0 Å². The molecule has 0 amide bonds. The lowest BCUT2D eigenvalue weighted by molar-refractivity contribution is -0.0821. The largest absolute Gasteiger partial charge is 0.485 e. The van der Waals surface area contributed by atoms with Crippen LogP contribution in [0.1, 0.15) is 56.8 Å². The van der Waals surface area contributed by atoms with Gasteiger partial charge in [0.05, 0.1) is 6.04 Å². The summed E-state index contributed by atoms with van der Waals surface area (Å²) in [5.41, 5.74) is 1.68. The molecule has 2 aliphatic rings. The summed E-state index contributed by atoms with van der Waals surface area (Å²) < 4.78 is 6.33. The van der Waals surface area contributed by atoms with Crippen molar-refractivity contribution in [2.75, 3.05) is 13.1 Å². The van der Waals surface area contributed by atoms with Crippen LogP contribution in [0.5, 0.6) is 5.75 Å². The van der Waals surface area contributed by atoms with E-state index in [0.29, 0.717) is 0 Å². The SMILES string of the molecule is Cc1cccc2c1OC(C)(C)C(N1CCCCCC1)C2O. The molecule has 1 saturated heterocycles. The van der Waals surface area contributed by atoms with Crippen molar-refractivity contribution in [3.05, 3.63) is 29.3 Å². The summed E-state index contributed by atoms with van der Waals surface area (Å²) in [5.74, 6) is 0.876. The molecular formula is C18H27NO2. The summed E-state index contributed by atoms with van der Waals surface area (Å²) in [7, 11) is 0. The molecule has 2 aliphatic heterocycles. The van der Waals surface area contributed by atoms with Gasteiger partial charge in [-0.05, 0) is 52.3 Å². The number of aliphatic hydroxyl groups is 1. The second-order valence-corrected chi connectivity index (χ2v) is 7.04. The number of aliphatic hydroxyl groups excluding tert-OH is 1. The van der Waals surface area contributed by atoms with Gasteiger partial charge >= 0.3 is 0 Å². The summed E-state index contributed by atoms with van der Waals surface area (Å²) in [6.07, 6.45) is 4.58. The van der Waals surface area contributed by atoms with E-state index in [2.05, 4.69) is 18.7 Å². The molecule has 0 aliphatic carbocycles. The Balaban J connectivity index is 1.96. The predicted octanol–water partition coefficient (Wildman–Crippen LogP) is 3.44. The zero-order valence-corrected chi connectivity index (χ0v) is 13.4. The summed E-state index contributed by atoms with van der Waals surface area (Å²) >= 11 is 0. The Hall–Kier alpha value is -1.06. The Morgan fingerprint density at radius 2 is 1.81 bits per heavy atom. The Labute approximate surface area is 127 Å². The van der Waals surface area contributed by atoms with Crippen LogP contribution < -0.4 is 4.74 Å². The number of hydrogen-bond donors (Lipinski definition) is 1. The molecule has 1 aromatic rings. The maximum absolute atomic E-state index is 11.0. The predicted molar refractivity (Wildman–Crippen MR) is 84.7 cm³/mol. The van der Waals surface area contributed by atoms with E-state index < -0.39 is 6.10 Å². The maximum atomic E-state index is 11.0. The number of rotatable bonds is 1. The summed E-state index contributed by atoms with van der Waals surface area (Å²) in [5, 5.41) is 11.0. The molecule has 0 bridgehead atoms. The van der Waals surface area contributed by atoms with Crippen LogP contribution in [0.2, 0.25) is 0 Å². The van der Waals surface area contributed by atoms with Gasteiger partial charge in [0.2, 0.25) is 0 Å². The fourth-order valence-corrected chi connectivity index (χ4v) is 3.93. The van der Waals surface area contributed by atoms with Crippen molar-refractivity contribution >= 4 is 0 Å². The van der Waals surface area contributed by atoms with Gasteiger partial charge in [0.25, 0.3) is 0 Å². The molecule has 0 aromatic heterocycles. The maximum Gasteiger partial charge on any atom is 0.128 e. The Bertz CT molecular complexity index is 504. The molecule has 1 aromatic carbocycles. The minimum atomic E-state index is -0.471. The van der Waals surface area contributed by atoms with E-state index in [1.807, 2.05) is 25.1 Å². The molecule has 2 unspecified atom stereocenters. The van der Waals surface area contributed by atoms with Gasteiger partial charge in [0, 0.05) is 5.56 Å². The molecule has 116 valence electrons. The van der Waals surface area contributed by atoms with E-state index in [1.54, 1.807) is 0 Å². The molecule has 1 N–H and O–H groups in total. The number of ether oxygens (including phenoxy) is 1. The number of para-hydroxylation sites is 1. The van der Waals surface area contributed by atoms with Crippen molar-refractivity contribution in [1.82, 2.24) is 4.90 Å². The first-order valence-corrected chi connectivity index (χ1v) is 8.21. The fourth-order valence-electron chi connectivity index (χ4n) is 3.93. The van der Waals surface area contributed by atoms with Gasteiger partial charge in [-0.25, -0.2) is 0 Å². The van der Waals surface area contributed by atoms with E-state index in [9.17, 15) is 5.11 Å². The molecule has 2 atom stereocenters. The molecule has 2 heterocycles. The average Bonchev–Trinajstić information content (AvgIpc) is 2.69. The molecule has 0 radical (unpaired) electrons. The summed E-state index contributed by atoms with van der Waals surface area (Å²) in [6.45, 7) is 8.40. The zero-order chi connectivity index (χ0) is 15.0. The number of benzene rings is 1. The molecule has 3 nitrogen and oxygen atoms in total. The normalized spacial score (nSPS) is 29.3. The molecule has 3 heteroatoms. The molecular weight excluding hydrogens is 262 g/mol. The van der Waals surface area contributed by atoms with Gasteiger partial charge in [0.1, 0.15) is 17.5 Å². The number of nitrogens with zero attached hydrogens (tertiary/aromatic N) is 1. The standard InChI is InChI=1S/C18H27NO2/c1-13-9-8-10-14-15(20)17(18(2,3)21-16(13)14)19-11-6-4-5-7-12-19/h8-10,15,17,20H,4-7,11-12H2,1-3H3. The van der Waals surface area contributed by atoms with Crippen molar-refractivity contribution in [3.63, 3.8) is 0 Å². The number of fused-ring (bicyclic) bond motifs is 1. The first-order valence-electron chi connectivity index (χ1n) is 8.21. The van der Waals surface area contributed by atoms with Gasteiger partial charge in [0.15, 0.2) is 0 Å². The van der Waals surface area contributed by atoms with Gasteiger partial charge in [-0.15, -0.1) is 0 Å². The molecule has 0 saturated carbocycles. The smallest absolute Gasteiger partial charge is 0.128 e. The Kier molecular flexibility index (Phi) is 3.98. The summed E-state index contributed by atoms with van der Waals surface area (Å²) in [6, 6.07) is 6.10. The van der Waals surface area contributed by atoms with E-state index in [1.165, 1.54) is 25.7 Å². The molecule has 21 heavy (non-hydrogen) atoms. The van der Waals surface area contributed by atoms with Crippen LogP contribution in [0.3, 0.4) is 0 Å². The second kappa shape index (κ2) is 5.62. The fraction of sp³-hybridized carbons (Fsp3) is 0.667. The third-order valence-electron chi connectivity index (χ3n) is 4.97. The lowest BCUT2D eigenvalue weighted by atomic mass is 9.84. The summed E-state index contributed by atoms with van der Waals surface area (Å²) in [4.78, 5) is 2.45. The highest BCUT2D eigenvalue weighted by Gasteiger charge is 2.46. The van der Waals surface area contributed by atoms with Gasteiger partial charge in [-0.1, -0.05) is 31.0 Å². The quantitative estimate of drug-likeness (QED) is 0.859. The second-order valence-electron chi connectivity index (χ2n) is 7.04. The first-order chi connectivity index (χ1) is 10.0. The monoisotopic (exact) mass is 289 g/mol. The zero-order valence-electron chi connectivity index (χ0n) is 13.4. The Morgan fingerprint density at radius 3 is 2.48 bits per heavy atom. The van der Waals surface area contributed by atoms with Crippen LogP contribution in [0.4, 0.5) is 0 Å².